The van der Waals surface area contributed by atoms with Crippen LogP contribution in [0.15, 0.2) is 24.3 Å². The van der Waals surface area contributed by atoms with E-state index in [4.69, 9.17) is 4.74 Å². The zero-order valence-electron chi connectivity index (χ0n) is 15.6. The Balaban J connectivity index is 1.56. The fraction of sp³-hybridized carbons (Fsp3) is 0.571. The standard InChI is InChI=1S/C21H27NO4/c1-14-8-10-16(11-9-14)20(24)15(2)26-21(25)17-12-19(23)22(13-17)18-6-4-3-5-7-18/h8-11,15,17-18H,3-7,12-13H2,1-2H3/t15-,17+/m1/s1. The number of carbonyl (C=O) groups excluding carboxylic acids is 3. The van der Waals surface area contributed by atoms with E-state index >= 15 is 0 Å². The summed E-state index contributed by atoms with van der Waals surface area (Å²) in [4.78, 5) is 39.1. The van der Waals surface area contributed by atoms with Crippen LogP contribution in [0.2, 0.25) is 0 Å². The highest BCUT2D eigenvalue weighted by Gasteiger charge is 2.39. The molecule has 0 unspecified atom stereocenters. The molecular weight excluding hydrogens is 330 g/mol. The van der Waals surface area contributed by atoms with Gasteiger partial charge in [0.25, 0.3) is 0 Å². The van der Waals surface area contributed by atoms with Crippen LogP contribution < -0.4 is 0 Å². The SMILES string of the molecule is Cc1ccc(C(=O)[C@@H](C)OC(=O)[C@H]2CC(=O)N(C3CCCCC3)C2)cc1. The molecule has 1 aliphatic heterocycles. The molecule has 1 aromatic carbocycles. The smallest absolute Gasteiger partial charge is 0.311 e. The van der Waals surface area contributed by atoms with Gasteiger partial charge in [0, 0.05) is 24.6 Å². The first-order chi connectivity index (χ1) is 12.5. The lowest BCUT2D eigenvalue weighted by atomic mass is 9.94. The van der Waals surface area contributed by atoms with Crippen LogP contribution in [-0.2, 0) is 14.3 Å². The number of carbonyl (C=O) groups is 3. The molecule has 1 saturated carbocycles. The van der Waals surface area contributed by atoms with Gasteiger partial charge in [-0.25, -0.2) is 0 Å². The Kier molecular flexibility index (Phi) is 5.74. The summed E-state index contributed by atoms with van der Waals surface area (Å²) in [7, 11) is 0. The normalized spacial score (nSPS) is 22.3. The van der Waals surface area contributed by atoms with Crippen molar-refractivity contribution in [3.8, 4) is 0 Å². The van der Waals surface area contributed by atoms with Gasteiger partial charge in [0.1, 0.15) is 0 Å². The van der Waals surface area contributed by atoms with E-state index in [0.717, 1.165) is 31.2 Å². The van der Waals surface area contributed by atoms with E-state index in [9.17, 15) is 14.4 Å². The molecule has 5 nitrogen and oxygen atoms in total. The number of hydrogen-bond acceptors (Lipinski definition) is 4. The molecule has 140 valence electrons. The molecule has 3 rings (SSSR count). The van der Waals surface area contributed by atoms with Gasteiger partial charge in [-0.15, -0.1) is 0 Å². The van der Waals surface area contributed by atoms with Gasteiger partial charge < -0.3 is 9.64 Å². The molecule has 5 heteroatoms. The lowest BCUT2D eigenvalue weighted by Crippen LogP contribution is -2.38. The number of hydrogen-bond donors (Lipinski definition) is 0. The molecule has 0 N–H and O–H groups in total. The summed E-state index contributed by atoms with van der Waals surface area (Å²) in [5, 5.41) is 0. The molecule has 0 radical (unpaired) electrons. The first kappa shape index (κ1) is 18.6. The molecule has 2 fully saturated rings. The van der Waals surface area contributed by atoms with Crippen molar-refractivity contribution in [1.82, 2.24) is 4.90 Å². The second-order valence-electron chi connectivity index (χ2n) is 7.55. The fourth-order valence-electron chi connectivity index (χ4n) is 3.91. The maximum absolute atomic E-state index is 12.5. The number of esters is 1. The largest absolute Gasteiger partial charge is 0.454 e. The Morgan fingerprint density at radius 3 is 2.42 bits per heavy atom. The van der Waals surface area contributed by atoms with Gasteiger partial charge in [-0.1, -0.05) is 49.1 Å². The number of amides is 1. The highest BCUT2D eigenvalue weighted by atomic mass is 16.5. The summed E-state index contributed by atoms with van der Waals surface area (Å²) < 4.78 is 5.40. The van der Waals surface area contributed by atoms with E-state index in [1.807, 2.05) is 24.0 Å². The third kappa shape index (κ3) is 4.14. The van der Waals surface area contributed by atoms with Crippen LogP contribution in [-0.4, -0.2) is 41.3 Å². The van der Waals surface area contributed by atoms with Crippen molar-refractivity contribution in [3.05, 3.63) is 35.4 Å². The molecule has 26 heavy (non-hydrogen) atoms. The minimum atomic E-state index is -0.843. The summed E-state index contributed by atoms with van der Waals surface area (Å²) in [5.74, 6) is -1.08. The van der Waals surface area contributed by atoms with Crippen molar-refractivity contribution >= 4 is 17.7 Å². The van der Waals surface area contributed by atoms with Crippen LogP contribution >= 0.6 is 0 Å². The van der Waals surface area contributed by atoms with Crippen molar-refractivity contribution in [2.24, 2.45) is 5.92 Å². The van der Waals surface area contributed by atoms with Crippen molar-refractivity contribution in [3.63, 3.8) is 0 Å². The fourth-order valence-corrected chi connectivity index (χ4v) is 3.91. The molecule has 1 aromatic rings. The zero-order valence-corrected chi connectivity index (χ0v) is 15.6. The van der Waals surface area contributed by atoms with Crippen LogP contribution in [0.1, 0.15) is 61.4 Å². The Morgan fingerprint density at radius 1 is 1.12 bits per heavy atom. The third-order valence-corrected chi connectivity index (χ3v) is 5.51. The zero-order chi connectivity index (χ0) is 18.7. The summed E-state index contributed by atoms with van der Waals surface area (Å²) in [6.45, 7) is 3.97. The number of ketones is 1. The van der Waals surface area contributed by atoms with Gasteiger partial charge in [0.15, 0.2) is 6.10 Å². The van der Waals surface area contributed by atoms with Gasteiger partial charge in [0.2, 0.25) is 11.7 Å². The Bertz CT molecular complexity index is 676. The van der Waals surface area contributed by atoms with Crippen molar-refractivity contribution in [1.29, 1.82) is 0 Å². The topological polar surface area (TPSA) is 63.7 Å². The number of rotatable bonds is 5. The number of aryl methyl sites for hydroxylation is 1. The van der Waals surface area contributed by atoms with E-state index in [1.165, 1.54) is 6.42 Å². The highest BCUT2D eigenvalue weighted by molar-refractivity contribution is 6.00. The number of Topliss-reactive ketones (excluding diaryl/α,β-unsaturated/α-hetero) is 1. The average molecular weight is 357 g/mol. The van der Waals surface area contributed by atoms with Crippen molar-refractivity contribution in [2.45, 2.75) is 64.5 Å². The molecule has 2 atom stereocenters. The van der Waals surface area contributed by atoms with E-state index in [2.05, 4.69) is 0 Å². The first-order valence-corrected chi connectivity index (χ1v) is 9.56. The maximum Gasteiger partial charge on any atom is 0.311 e. The minimum Gasteiger partial charge on any atom is -0.454 e. The summed E-state index contributed by atoms with van der Waals surface area (Å²) in [6.07, 6.45) is 4.91. The van der Waals surface area contributed by atoms with Crippen molar-refractivity contribution in [2.75, 3.05) is 6.54 Å². The molecule has 1 heterocycles. The number of nitrogens with zero attached hydrogens (tertiary/aromatic N) is 1. The van der Waals surface area contributed by atoms with Gasteiger partial charge in [-0.3, -0.25) is 14.4 Å². The average Bonchev–Trinajstić information content (AvgIpc) is 3.04. The number of benzene rings is 1. The van der Waals surface area contributed by atoms with E-state index in [-0.39, 0.29) is 24.2 Å². The molecule has 0 aromatic heterocycles. The van der Waals surface area contributed by atoms with Crippen LogP contribution in [0.5, 0.6) is 0 Å². The van der Waals surface area contributed by atoms with Gasteiger partial charge >= 0.3 is 5.97 Å². The van der Waals surface area contributed by atoms with Crippen LogP contribution in [0.25, 0.3) is 0 Å². The van der Waals surface area contributed by atoms with Crippen molar-refractivity contribution < 1.29 is 19.1 Å². The van der Waals surface area contributed by atoms with Crippen LogP contribution in [0.4, 0.5) is 0 Å². The van der Waals surface area contributed by atoms with Gasteiger partial charge in [0.05, 0.1) is 5.92 Å². The highest BCUT2D eigenvalue weighted by Crippen LogP contribution is 2.29. The van der Waals surface area contributed by atoms with Crippen LogP contribution in [0.3, 0.4) is 0 Å². The van der Waals surface area contributed by atoms with E-state index < -0.39 is 18.0 Å². The Labute approximate surface area is 154 Å². The summed E-state index contributed by atoms with van der Waals surface area (Å²) >= 11 is 0. The molecule has 1 aliphatic carbocycles. The molecule has 2 aliphatic rings. The monoisotopic (exact) mass is 357 g/mol. The Morgan fingerprint density at radius 2 is 1.77 bits per heavy atom. The first-order valence-electron chi connectivity index (χ1n) is 9.56. The third-order valence-electron chi connectivity index (χ3n) is 5.51. The molecule has 0 bridgehead atoms. The molecule has 1 amide bonds. The molecule has 1 saturated heterocycles. The molecule has 0 spiro atoms. The predicted molar refractivity (Wildman–Crippen MR) is 97.8 cm³/mol. The summed E-state index contributed by atoms with van der Waals surface area (Å²) in [6, 6.07) is 7.47. The lowest BCUT2D eigenvalue weighted by Gasteiger charge is -2.31. The van der Waals surface area contributed by atoms with E-state index in [1.54, 1.807) is 19.1 Å². The maximum atomic E-state index is 12.5. The van der Waals surface area contributed by atoms with Crippen LogP contribution in [0, 0.1) is 12.8 Å². The second-order valence-corrected chi connectivity index (χ2v) is 7.55. The van der Waals surface area contributed by atoms with Gasteiger partial charge in [-0.05, 0) is 26.7 Å². The lowest BCUT2D eigenvalue weighted by molar-refractivity contribution is -0.151. The Hall–Kier alpha value is -2.17. The number of ether oxygens (including phenoxy) is 1. The predicted octanol–water partition coefficient (Wildman–Crippen LogP) is 3.29. The number of likely N-dealkylation sites (tertiary alicyclic amines) is 1. The van der Waals surface area contributed by atoms with Gasteiger partial charge in [-0.2, -0.15) is 0 Å². The quantitative estimate of drug-likeness (QED) is 0.599. The molecular formula is C21H27NO4. The second kappa shape index (κ2) is 8.02. The summed E-state index contributed by atoms with van der Waals surface area (Å²) in [5.41, 5.74) is 1.60. The van der Waals surface area contributed by atoms with E-state index in [0.29, 0.717) is 12.1 Å². The minimum absolute atomic E-state index is 0.0383.